The second kappa shape index (κ2) is 15.6. The average molecular weight is 971 g/mol. The zero-order valence-electron chi connectivity index (χ0n) is 32.6. The molecule has 1 radical (unpaired) electrons. The first-order valence-electron chi connectivity index (χ1n) is 19.3. The summed E-state index contributed by atoms with van der Waals surface area (Å²) in [4.78, 5) is 3.87. The minimum Gasteiger partial charge on any atom is -0.573 e. The quantitative estimate of drug-likeness (QED) is 0.131. The smallest absolute Gasteiger partial charge is 0.431 e. The molecular formula is C49H35F3IrN7-3. The molecule has 0 spiro atoms. The van der Waals surface area contributed by atoms with E-state index in [1.165, 1.54) is 72.3 Å². The summed E-state index contributed by atoms with van der Waals surface area (Å²) in [5.41, 5.74) is 12.9. The molecule has 4 aromatic heterocycles. The van der Waals surface area contributed by atoms with Crippen molar-refractivity contribution in [2.75, 3.05) is 0 Å². The van der Waals surface area contributed by atoms with Crippen LogP contribution in [-0.2, 0) is 53.2 Å². The van der Waals surface area contributed by atoms with Crippen LogP contribution in [0.2, 0.25) is 0 Å². The van der Waals surface area contributed by atoms with Gasteiger partial charge in [-0.2, -0.15) is 37.4 Å². The van der Waals surface area contributed by atoms with E-state index in [4.69, 9.17) is 0 Å². The molecule has 4 aliphatic carbocycles. The first kappa shape index (κ1) is 39.1. The summed E-state index contributed by atoms with van der Waals surface area (Å²) in [6.07, 6.45) is 29.6. The van der Waals surface area contributed by atoms with Crippen LogP contribution in [0.3, 0.4) is 0 Å². The third kappa shape index (κ3) is 7.07. The number of alkyl halides is 3. The molecule has 7 nitrogen and oxygen atoms in total. The van der Waals surface area contributed by atoms with Crippen LogP contribution in [0.4, 0.5) is 13.2 Å². The van der Waals surface area contributed by atoms with Crippen LogP contribution in [-0.4, -0.2) is 19.2 Å². The molecule has 11 heteroatoms. The van der Waals surface area contributed by atoms with Crippen LogP contribution in [0.5, 0.6) is 0 Å². The van der Waals surface area contributed by atoms with Crippen molar-refractivity contribution in [3.8, 4) is 22.8 Å². The molecule has 0 bridgehead atoms. The van der Waals surface area contributed by atoms with Gasteiger partial charge in [0.15, 0.2) is 0 Å². The number of nitrogens with zero attached hydrogens (tertiary/aromatic N) is 7. The number of aryl methyl sites for hydroxylation is 2. The Morgan fingerprint density at radius 3 is 1.72 bits per heavy atom. The molecule has 0 saturated carbocycles. The summed E-state index contributed by atoms with van der Waals surface area (Å²) < 4.78 is 44.5. The van der Waals surface area contributed by atoms with Gasteiger partial charge in [0, 0.05) is 56.8 Å². The first-order valence-corrected chi connectivity index (χ1v) is 19.3. The number of pyridine rings is 1. The largest absolute Gasteiger partial charge is 0.573 e. The maximum atomic E-state index is 12.2. The van der Waals surface area contributed by atoms with E-state index in [1.54, 1.807) is 18.2 Å². The maximum absolute atomic E-state index is 12.2. The standard InChI is InChI=1S/2C20H15N2.C9H5F3N3.Ir/c2*1-21-11-12-22(13-21)18-10-8-16-6-5-14-3-2-4-15-7-9-17(18)20(16)19(14)15;10-9(11,12)8-5-7(14-15-8)6-3-1-2-4-13-6;/h2*2,4-5,7-9,11-12H,3,6H2,1H3;1-5H;/q3*-1;. The van der Waals surface area contributed by atoms with E-state index in [2.05, 4.69) is 113 Å². The summed E-state index contributed by atoms with van der Waals surface area (Å²) in [6.45, 7) is 0. The second-order valence-electron chi connectivity index (χ2n) is 14.9. The van der Waals surface area contributed by atoms with Crippen molar-refractivity contribution in [2.24, 2.45) is 14.1 Å². The first-order chi connectivity index (χ1) is 28.7. The van der Waals surface area contributed by atoms with E-state index >= 15 is 0 Å². The van der Waals surface area contributed by atoms with Gasteiger partial charge in [0.25, 0.3) is 0 Å². The van der Waals surface area contributed by atoms with Crippen molar-refractivity contribution in [3.63, 3.8) is 0 Å². The van der Waals surface area contributed by atoms with E-state index in [0.717, 1.165) is 43.1 Å². The molecule has 8 aromatic rings. The van der Waals surface area contributed by atoms with Gasteiger partial charge in [-0.3, -0.25) is 4.98 Å². The monoisotopic (exact) mass is 971 g/mol. The van der Waals surface area contributed by atoms with Crippen LogP contribution in [0, 0.1) is 24.8 Å². The molecule has 0 atom stereocenters. The molecule has 0 aliphatic heterocycles. The zero-order valence-corrected chi connectivity index (χ0v) is 34.9. The van der Waals surface area contributed by atoms with Crippen LogP contribution in [0.1, 0.15) is 51.9 Å². The van der Waals surface area contributed by atoms with Gasteiger partial charge >= 0.3 is 6.18 Å². The number of hydrogen-bond acceptors (Lipinski definition) is 2. The number of halogens is 3. The molecule has 299 valence electrons. The van der Waals surface area contributed by atoms with Crippen molar-refractivity contribution in [1.29, 1.82) is 0 Å². The molecule has 0 amide bonds. The molecule has 4 aromatic carbocycles. The van der Waals surface area contributed by atoms with Gasteiger partial charge in [0.2, 0.25) is 12.7 Å². The summed E-state index contributed by atoms with van der Waals surface area (Å²) in [5, 5.41) is 11.8. The van der Waals surface area contributed by atoms with Gasteiger partial charge in [-0.1, -0.05) is 84.6 Å². The Morgan fingerprint density at radius 1 is 0.717 bits per heavy atom. The van der Waals surface area contributed by atoms with Gasteiger partial charge in [-0.15, -0.1) is 44.8 Å². The molecule has 12 rings (SSSR count). The molecule has 60 heavy (non-hydrogen) atoms. The number of allylic oxidation sites excluding steroid dienone is 6. The van der Waals surface area contributed by atoms with Gasteiger partial charge in [0.1, 0.15) is 5.69 Å². The van der Waals surface area contributed by atoms with Crippen molar-refractivity contribution < 1.29 is 42.4 Å². The minimum atomic E-state index is -4.46. The number of benzene rings is 4. The second-order valence-corrected chi connectivity index (χ2v) is 14.9. The summed E-state index contributed by atoms with van der Waals surface area (Å²) in [5.74, 6) is 0. The fourth-order valence-electron chi connectivity index (χ4n) is 8.40. The third-order valence-corrected chi connectivity index (χ3v) is 11.1. The van der Waals surface area contributed by atoms with Crippen LogP contribution < -0.4 is 14.2 Å². The van der Waals surface area contributed by atoms with Crippen molar-refractivity contribution >= 4 is 44.8 Å². The molecule has 0 N–H and O–H groups in total. The Kier molecular flexibility index (Phi) is 10.2. The van der Waals surface area contributed by atoms with Gasteiger partial charge in [-0.05, 0) is 64.4 Å². The topological polar surface area (TPSA) is 57.5 Å². The van der Waals surface area contributed by atoms with E-state index in [-0.39, 0.29) is 25.8 Å². The van der Waals surface area contributed by atoms with E-state index < -0.39 is 11.9 Å². The maximum Gasteiger partial charge on any atom is 0.431 e. The van der Waals surface area contributed by atoms with Crippen LogP contribution in [0.25, 0.3) is 67.6 Å². The predicted octanol–water partition coefficient (Wildman–Crippen LogP) is 8.94. The number of aromatic nitrogens is 7. The third-order valence-electron chi connectivity index (χ3n) is 11.1. The Labute approximate surface area is 358 Å². The predicted molar refractivity (Wildman–Crippen MR) is 221 cm³/mol. The van der Waals surface area contributed by atoms with Gasteiger partial charge < -0.3 is 28.5 Å². The summed E-state index contributed by atoms with van der Waals surface area (Å²) >= 11 is 0. The van der Waals surface area contributed by atoms with Crippen LogP contribution >= 0.6 is 0 Å². The van der Waals surface area contributed by atoms with E-state index in [9.17, 15) is 13.2 Å². The van der Waals surface area contributed by atoms with Gasteiger partial charge in [-0.25, -0.2) is 0 Å². The summed E-state index contributed by atoms with van der Waals surface area (Å²) in [7, 11) is 3.98. The van der Waals surface area contributed by atoms with E-state index in [0.29, 0.717) is 5.69 Å². The number of hydrogen-bond donors (Lipinski definition) is 0. The molecule has 4 aliphatic rings. The van der Waals surface area contributed by atoms with Crippen molar-refractivity contribution in [1.82, 2.24) is 24.3 Å². The Hall–Kier alpha value is -6.42. The number of imidazole rings is 2. The molecule has 0 saturated heterocycles. The SMILES string of the molecule is C[n+]1[c-]n(-c2[c-]cc3c4c5c(ccc24)C=CCC5=CC3)cc1.C[n+]1[c-]n(-c2[c-]cc3c4c5c(ccc24)C=CCC5=CC3)cc1.FC(F)(F)c1cc(-c2ccccn2)[n-]n1.[Ir]. The normalized spacial score (nSPS) is 14.1. The molecular weight excluding hydrogens is 936 g/mol. The Morgan fingerprint density at radius 2 is 1.27 bits per heavy atom. The fraction of sp³-hybridized carbons (Fsp3) is 0.143. The minimum absolute atomic E-state index is 0. The Balaban J connectivity index is 0.000000117. The van der Waals surface area contributed by atoms with E-state index in [1.807, 2.05) is 57.2 Å². The zero-order chi connectivity index (χ0) is 40.3. The average Bonchev–Trinajstić information content (AvgIpc) is 4.05. The van der Waals surface area contributed by atoms with Crippen LogP contribution in [0.15, 0.2) is 116 Å². The molecule has 0 unspecified atom stereocenters. The van der Waals surface area contributed by atoms with Crippen molar-refractivity contribution in [3.05, 3.63) is 180 Å². The van der Waals surface area contributed by atoms with Gasteiger partial charge in [0.05, 0.1) is 14.1 Å². The van der Waals surface area contributed by atoms with Crippen molar-refractivity contribution in [2.45, 2.75) is 31.9 Å². The molecule has 4 heterocycles. The molecule has 0 fully saturated rings. The fourth-order valence-corrected chi connectivity index (χ4v) is 8.40. The number of rotatable bonds is 3. The Bertz CT molecular complexity index is 2910. The summed E-state index contributed by atoms with van der Waals surface area (Å²) in [6, 6.07) is 26.0.